The van der Waals surface area contributed by atoms with Crippen molar-refractivity contribution >= 4 is 11.7 Å². The van der Waals surface area contributed by atoms with E-state index in [2.05, 4.69) is 9.80 Å². The van der Waals surface area contributed by atoms with Gasteiger partial charge in [0.15, 0.2) is 0 Å². The minimum atomic E-state index is -0.219. The van der Waals surface area contributed by atoms with Gasteiger partial charge in [-0.3, -0.25) is 9.69 Å². The number of ether oxygens (including phenoxy) is 1. The molecule has 0 unspecified atom stereocenters. The zero-order valence-electron chi connectivity index (χ0n) is 12.9. The van der Waals surface area contributed by atoms with Gasteiger partial charge in [-0.25, -0.2) is 4.39 Å². The minimum Gasteiger partial charge on any atom is -0.468 e. The molecule has 1 atom stereocenters. The summed E-state index contributed by atoms with van der Waals surface area (Å²) in [6.45, 7) is 7.32. The number of methoxy groups -OCH3 is 1. The number of nitrogens with zero attached hydrogens (tertiary/aromatic N) is 2. The lowest BCUT2D eigenvalue weighted by atomic mass is 10.0. The van der Waals surface area contributed by atoms with Gasteiger partial charge in [-0.2, -0.15) is 0 Å². The van der Waals surface area contributed by atoms with Gasteiger partial charge >= 0.3 is 5.97 Å². The smallest absolute Gasteiger partial charge is 0.323 e. The number of carbonyl (C=O) groups excluding carboxylic acids is 1. The molecule has 0 aromatic heterocycles. The maximum Gasteiger partial charge on any atom is 0.323 e. The molecule has 0 amide bonds. The van der Waals surface area contributed by atoms with E-state index in [-0.39, 0.29) is 23.7 Å². The lowest BCUT2D eigenvalue weighted by Crippen LogP contribution is -2.54. The molecule has 1 aliphatic heterocycles. The van der Waals surface area contributed by atoms with E-state index in [1.165, 1.54) is 19.2 Å². The molecule has 116 valence electrons. The molecular weight excluding hydrogens is 271 g/mol. The minimum absolute atomic E-state index is 0.166. The molecule has 0 bridgehead atoms. The molecule has 5 heteroatoms. The Morgan fingerprint density at radius 3 is 2.19 bits per heavy atom. The standard InChI is InChI=1S/C16H23FN2O2/c1-12(2)15(16(20)21-3)19-10-8-18(9-11-19)14-6-4-13(17)5-7-14/h4-7,12,15H,8-11H2,1-3H3/t15-/m0/s1. The fourth-order valence-corrected chi connectivity index (χ4v) is 2.87. The first kappa shape index (κ1) is 15.8. The van der Waals surface area contributed by atoms with Gasteiger partial charge in [0, 0.05) is 31.9 Å². The Labute approximate surface area is 125 Å². The van der Waals surface area contributed by atoms with Crippen molar-refractivity contribution in [2.75, 3.05) is 38.2 Å². The van der Waals surface area contributed by atoms with Gasteiger partial charge in [0.2, 0.25) is 0 Å². The van der Waals surface area contributed by atoms with Gasteiger partial charge < -0.3 is 9.64 Å². The lowest BCUT2D eigenvalue weighted by molar-refractivity contribution is -0.149. The molecule has 1 aromatic rings. The molecule has 0 saturated carbocycles. The van der Waals surface area contributed by atoms with E-state index in [1.54, 1.807) is 12.1 Å². The monoisotopic (exact) mass is 294 g/mol. The van der Waals surface area contributed by atoms with E-state index in [0.29, 0.717) is 0 Å². The van der Waals surface area contributed by atoms with Gasteiger partial charge in [-0.15, -0.1) is 0 Å². The number of hydrogen-bond donors (Lipinski definition) is 0. The Hall–Kier alpha value is -1.62. The van der Waals surface area contributed by atoms with Crippen molar-refractivity contribution in [3.63, 3.8) is 0 Å². The van der Waals surface area contributed by atoms with Gasteiger partial charge in [-0.05, 0) is 30.2 Å². The molecule has 4 nitrogen and oxygen atoms in total. The molecule has 21 heavy (non-hydrogen) atoms. The average Bonchev–Trinajstić information content (AvgIpc) is 2.48. The summed E-state index contributed by atoms with van der Waals surface area (Å²) in [5, 5.41) is 0. The maximum atomic E-state index is 13.0. The van der Waals surface area contributed by atoms with E-state index in [1.807, 2.05) is 13.8 Å². The SMILES string of the molecule is COC(=O)[C@H](C(C)C)N1CCN(c2ccc(F)cc2)CC1. The van der Waals surface area contributed by atoms with Crippen molar-refractivity contribution < 1.29 is 13.9 Å². The summed E-state index contributed by atoms with van der Waals surface area (Å²) in [6.07, 6.45) is 0. The number of anilines is 1. The number of benzene rings is 1. The Kier molecular flexibility index (Phi) is 5.17. The lowest BCUT2D eigenvalue weighted by Gasteiger charge is -2.40. The number of hydrogen-bond acceptors (Lipinski definition) is 4. The Bertz CT molecular complexity index is 468. The van der Waals surface area contributed by atoms with E-state index in [4.69, 9.17) is 4.74 Å². The molecule has 2 rings (SSSR count). The third-order valence-electron chi connectivity index (χ3n) is 3.97. The van der Waals surface area contributed by atoms with Crippen LogP contribution in [0.5, 0.6) is 0 Å². The van der Waals surface area contributed by atoms with Crippen LogP contribution in [0.3, 0.4) is 0 Å². The van der Waals surface area contributed by atoms with Gasteiger partial charge in [0.05, 0.1) is 7.11 Å². The van der Waals surface area contributed by atoms with Crippen molar-refractivity contribution in [3.05, 3.63) is 30.1 Å². The highest BCUT2D eigenvalue weighted by Crippen LogP contribution is 2.20. The van der Waals surface area contributed by atoms with Crippen LogP contribution in [0.4, 0.5) is 10.1 Å². The predicted octanol–water partition coefficient (Wildman–Crippen LogP) is 2.15. The molecule has 0 N–H and O–H groups in total. The predicted molar refractivity (Wildman–Crippen MR) is 80.8 cm³/mol. The summed E-state index contributed by atoms with van der Waals surface area (Å²) < 4.78 is 17.9. The van der Waals surface area contributed by atoms with Crippen LogP contribution in [0.1, 0.15) is 13.8 Å². The fourth-order valence-electron chi connectivity index (χ4n) is 2.87. The van der Waals surface area contributed by atoms with Gasteiger partial charge in [0.25, 0.3) is 0 Å². The molecular formula is C16H23FN2O2. The summed E-state index contributed by atoms with van der Waals surface area (Å²) in [6, 6.07) is 6.36. The van der Waals surface area contributed by atoms with Crippen LogP contribution in [-0.2, 0) is 9.53 Å². The second kappa shape index (κ2) is 6.89. The van der Waals surface area contributed by atoms with Crippen molar-refractivity contribution in [2.45, 2.75) is 19.9 Å². The number of esters is 1. The zero-order chi connectivity index (χ0) is 15.4. The zero-order valence-corrected chi connectivity index (χ0v) is 12.9. The summed E-state index contributed by atoms with van der Waals surface area (Å²) in [7, 11) is 1.44. The van der Waals surface area contributed by atoms with Crippen molar-refractivity contribution in [2.24, 2.45) is 5.92 Å². The van der Waals surface area contributed by atoms with Crippen LogP contribution >= 0.6 is 0 Å². The van der Waals surface area contributed by atoms with E-state index < -0.39 is 0 Å². The maximum absolute atomic E-state index is 13.0. The van der Waals surface area contributed by atoms with Crippen molar-refractivity contribution in [1.82, 2.24) is 4.90 Å². The molecule has 1 saturated heterocycles. The van der Waals surface area contributed by atoms with Crippen molar-refractivity contribution in [1.29, 1.82) is 0 Å². The highest BCUT2D eigenvalue weighted by Gasteiger charge is 2.32. The number of carbonyl (C=O) groups is 1. The first-order valence-electron chi connectivity index (χ1n) is 7.35. The van der Waals surface area contributed by atoms with E-state index in [9.17, 15) is 9.18 Å². The molecule has 0 radical (unpaired) electrons. The van der Waals surface area contributed by atoms with E-state index >= 15 is 0 Å². The molecule has 0 spiro atoms. The topological polar surface area (TPSA) is 32.8 Å². The van der Waals surface area contributed by atoms with Crippen LogP contribution in [-0.4, -0.2) is 50.2 Å². The first-order valence-corrected chi connectivity index (χ1v) is 7.35. The average molecular weight is 294 g/mol. The Balaban J connectivity index is 1.98. The van der Waals surface area contributed by atoms with Gasteiger partial charge in [0.1, 0.15) is 11.9 Å². The highest BCUT2D eigenvalue weighted by atomic mass is 19.1. The third kappa shape index (κ3) is 3.73. The third-order valence-corrected chi connectivity index (χ3v) is 3.97. The number of piperazine rings is 1. The van der Waals surface area contributed by atoms with E-state index in [0.717, 1.165) is 31.9 Å². The molecule has 1 aromatic carbocycles. The summed E-state index contributed by atoms with van der Waals surface area (Å²) in [5.41, 5.74) is 1.02. The van der Waals surface area contributed by atoms with Crippen LogP contribution in [0.25, 0.3) is 0 Å². The molecule has 1 aliphatic rings. The van der Waals surface area contributed by atoms with Crippen LogP contribution in [0, 0.1) is 11.7 Å². The van der Waals surface area contributed by atoms with Gasteiger partial charge in [-0.1, -0.05) is 13.8 Å². The number of halogens is 1. The second-order valence-electron chi connectivity index (χ2n) is 5.71. The molecule has 1 heterocycles. The summed E-state index contributed by atoms with van der Waals surface area (Å²) in [5.74, 6) is -0.169. The van der Waals surface area contributed by atoms with Crippen LogP contribution in [0.2, 0.25) is 0 Å². The Morgan fingerprint density at radius 2 is 1.71 bits per heavy atom. The quantitative estimate of drug-likeness (QED) is 0.797. The van der Waals surface area contributed by atoms with Crippen LogP contribution in [0.15, 0.2) is 24.3 Å². The normalized spacial score (nSPS) is 17.9. The van der Waals surface area contributed by atoms with Crippen molar-refractivity contribution in [3.8, 4) is 0 Å². The highest BCUT2D eigenvalue weighted by molar-refractivity contribution is 5.76. The largest absolute Gasteiger partial charge is 0.468 e. The van der Waals surface area contributed by atoms with Crippen LogP contribution < -0.4 is 4.90 Å². The number of rotatable bonds is 4. The second-order valence-corrected chi connectivity index (χ2v) is 5.71. The summed E-state index contributed by atoms with van der Waals surface area (Å²) >= 11 is 0. The first-order chi connectivity index (χ1) is 10.0. The molecule has 1 fully saturated rings. The fraction of sp³-hybridized carbons (Fsp3) is 0.562. The Morgan fingerprint density at radius 1 is 1.14 bits per heavy atom. The molecule has 0 aliphatic carbocycles. The summed E-state index contributed by atoms with van der Waals surface area (Å²) in [4.78, 5) is 16.3.